The molecule has 3 aromatic rings. The Bertz CT molecular complexity index is 1100. The number of amides is 2. The van der Waals surface area contributed by atoms with Crippen molar-refractivity contribution in [2.75, 3.05) is 19.6 Å². The number of hydrogen-bond donors (Lipinski definition) is 0. The van der Waals surface area contributed by atoms with Crippen LogP contribution in [0.1, 0.15) is 18.1 Å². The Morgan fingerprint density at radius 2 is 1.78 bits per heavy atom. The fourth-order valence-corrected chi connectivity index (χ4v) is 4.27. The van der Waals surface area contributed by atoms with E-state index < -0.39 is 11.9 Å². The van der Waals surface area contributed by atoms with Crippen molar-refractivity contribution in [1.82, 2.24) is 14.8 Å². The number of halogens is 1. The molecule has 2 amide bonds. The van der Waals surface area contributed by atoms with Crippen molar-refractivity contribution in [3.63, 3.8) is 0 Å². The van der Waals surface area contributed by atoms with Gasteiger partial charge in [-0.2, -0.15) is 0 Å². The molecule has 0 N–H and O–H groups in total. The van der Waals surface area contributed by atoms with Crippen LogP contribution in [-0.4, -0.2) is 52.3 Å². The van der Waals surface area contributed by atoms with E-state index in [2.05, 4.69) is 4.98 Å². The third-order valence-corrected chi connectivity index (χ3v) is 5.99. The van der Waals surface area contributed by atoms with Gasteiger partial charge in [0.2, 0.25) is 11.8 Å². The zero-order chi connectivity index (χ0) is 22.5. The Labute approximate surface area is 187 Å². The Kier molecular flexibility index (Phi) is 6.59. The van der Waals surface area contributed by atoms with Crippen LogP contribution in [0.2, 0.25) is 0 Å². The first-order valence-electron chi connectivity index (χ1n) is 10.9. The van der Waals surface area contributed by atoms with E-state index in [1.807, 2.05) is 43.3 Å². The normalized spacial score (nSPS) is 16.3. The lowest BCUT2D eigenvalue weighted by molar-refractivity contribution is -0.150. The second-order valence-corrected chi connectivity index (χ2v) is 7.89. The topological polar surface area (TPSA) is 53.5 Å². The summed E-state index contributed by atoms with van der Waals surface area (Å²) in [7, 11) is 0. The molecule has 6 heteroatoms. The molecule has 2 heterocycles. The Hall–Kier alpha value is -3.54. The summed E-state index contributed by atoms with van der Waals surface area (Å²) in [6, 6.07) is 17.4. The Morgan fingerprint density at radius 3 is 2.50 bits per heavy atom. The molecule has 1 fully saturated rings. The average Bonchev–Trinajstić information content (AvgIpc) is 2.82. The van der Waals surface area contributed by atoms with Gasteiger partial charge in [-0.05, 0) is 35.7 Å². The average molecular weight is 432 g/mol. The maximum Gasteiger partial charge on any atom is 0.245 e. The van der Waals surface area contributed by atoms with Gasteiger partial charge in [-0.3, -0.25) is 14.6 Å². The number of hydrogen-bond acceptors (Lipinski definition) is 3. The summed E-state index contributed by atoms with van der Waals surface area (Å²) in [6.07, 6.45) is 3.84. The van der Waals surface area contributed by atoms with E-state index in [1.165, 1.54) is 6.07 Å². The highest BCUT2D eigenvalue weighted by atomic mass is 19.1. The monoisotopic (exact) mass is 431 g/mol. The molecule has 4 rings (SSSR count). The number of likely N-dealkylation sites (N-methyl/N-ethyl adjacent to an activating group) is 1. The number of benzene rings is 2. The summed E-state index contributed by atoms with van der Waals surface area (Å²) in [5, 5.41) is 0. The molecule has 1 aliphatic heterocycles. The van der Waals surface area contributed by atoms with E-state index >= 15 is 0 Å². The Balaban J connectivity index is 1.64. The molecule has 5 nitrogen and oxygen atoms in total. The fraction of sp³-hybridized carbons (Fsp3) is 0.269. The SMILES string of the molecule is CCN1CCN(C(=O)Cc2ccccc2F)C(Cc2ccccc2-c2cccnc2)C1=O. The van der Waals surface area contributed by atoms with Gasteiger partial charge in [0.15, 0.2) is 0 Å². The van der Waals surface area contributed by atoms with Crippen molar-refractivity contribution in [3.8, 4) is 11.1 Å². The number of nitrogens with zero attached hydrogens (tertiary/aromatic N) is 3. The van der Waals surface area contributed by atoms with Crippen LogP contribution in [0.25, 0.3) is 11.1 Å². The van der Waals surface area contributed by atoms with Crippen LogP contribution in [0.5, 0.6) is 0 Å². The number of rotatable bonds is 6. The van der Waals surface area contributed by atoms with Gasteiger partial charge in [0.25, 0.3) is 0 Å². The van der Waals surface area contributed by atoms with Crippen molar-refractivity contribution in [1.29, 1.82) is 0 Å². The lowest BCUT2D eigenvalue weighted by atomic mass is 9.93. The van der Waals surface area contributed by atoms with Crippen LogP contribution in [0.4, 0.5) is 4.39 Å². The van der Waals surface area contributed by atoms with Gasteiger partial charge in [-0.15, -0.1) is 0 Å². The maximum absolute atomic E-state index is 14.1. The van der Waals surface area contributed by atoms with E-state index in [0.29, 0.717) is 31.6 Å². The van der Waals surface area contributed by atoms with Gasteiger partial charge in [0, 0.05) is 44.0 Å². The van der Waals surface area contributed by atoms with Crippen molar-refractivity contribution in [2.45, 2.75) is 25.8 Å². The molecular formula is C26H26FN3O2. The second-order valence-electron chi connectivity index (χ2n) is 7.89. The standard InChI is InChI=1S/C26H26FN3O2/c1-2-29-14-15-30(25(31)17-20-9-4-6-12-23(20)27)24(26(29)32)16-19-8-3-5-11-22(19)21-10-7-13-28-18-21/h3-13,18,24H,2,14-17H2,1H3. The molecule has 1 atom stereocenters. The lowest BCUT2D eigenvalue weighted by Gasteiger charge is -2.40. The van der Waals surface area contributed by atoms with Crippen LogP contribution in [0.15, 0.2) is 73.1 Å². The van der Waals surface area contributed by atoms with E-state index in [0.717, 1.165) is 16.7 Å². The molecule has 164 valence electrons. The molecule has 2 aromatic carbocycles. The van der Waals surface area contributed by atoms with Gasteiger partial charge in [-0.1, -0.05) is 48.5 Å². The van der Waals surface area contributed by atoms with Crippen LogP contribution >= 0.6 is 0 Å². The van der Waals surface area contributed by atoms with Gasteiger partial charge in [0.1, 0.15) is 11.9 Å². The maximum atomic E-state index is 14.1. The molecule has 0 saturated carbocycles. The van der Waals surface area contributed by atoms with Crippen LogP contribution in [0, 0.1) is 5.82 Å². The molecule has 1 unspecified atom stereocenters. The summed E-state index contributed by atoms with van der Waals surface area (Å²) in [6.45, 7) is 3.45. The quantitative estimate of drug-likeness (QED) is 0.598. The van der Waals surface area contributed by atoms with Gasteiger partial charge >= 0.3 is 0 Å². The highest BCUT2D eigenvalue weighted by Crippen LogP contribution is 2.26. The van der Waals surface area contributed by atoms with Crippen LogP contribution in [-0.2, 0) is 22.4 Å². The molecule has 1 saturated heterocycles. The first-order chi connectivity index (χ1) is 15.6. The molecule has 1 aromatic heterocycles. The fourth-order valence-electron chi connectivity index (χ4n) is 4.27. The highest BCUT2D eigenvalue weighted by molar-refractivity contribution is 5.90. The molecule has 0 aliphatic carbocycles. The molecule has 1 aliphatic rings. The third kappa shape index (κ3) is 4.54. The van der Waals surface area contributed by atoms with E-state index in [9.17, 15) is 14.0 Å². The number of carbonyl (C=O) groups excluding carboxylic acids is 2. The number of carbonyl (C=O) groups is 2. The summed E-state index contributed by atoms with van der Waals surface area (Å²) >= 11 is 0. The summed E-state index contributed by atoms with van der Waals surface area (Å²) in [4.78, 5) is 34.1. The zero-order valence-electron chi connectivity index (χ0n) is 18.1. The van der Waals surface area contributed by atoms with Crippen molar-refractivity contribution >= 4 is 11.8 Å². The van der Waals surface area contributed by atoms with Gasteiger partial charge < -0.3 is 9.80 Å². The van der Waals surface area contributed by atoms with Gasteiger partial charge in [-0.25, -0.2) is 4.39 Å². The first-order valence-corrected chi connectivity index (χ1v) is 10.9. The van der Waals surface area contributed by atoms with E-state index in [1.54, 1.807) is 40.4 Å². The smallest absolute Gasteiger partial charge is 0.245 e. The van der Waals surface area contributed by atoms with Crippen LogP contribution < -0.4 is 0 Å². The zero-order valence-corrected chi connectivity index (χ0v) is 18.1. The minimum Gasteiger partial charge on any atom is -0.339 e. The van der Waals surface area contributed by atoms with Crippen molar-refractivity contribution < 1.29 is 14.0 Å². The molecule has 0 radical (unpaired) electrons. The number of pyridine rings is 1. The summed E-state index contributed by atoms with van der Waals surface area (Å²) < 4.78 is 14.1. The second kappa shape index (κ2) is 9.73. The molecular weight excluding hydrogens is 405 g/mol. The third-order valence-electron chi connectivity index (χ3n) is 5.99. The van der Waals surface area contributed by atoms with Crippen molar-refractivity contribution in [2.24, 2.45) is 0 Å². The number of aromatic nitrogens is 1. The predicted octanol–water partition coefficient (Wildman–Crippen LogP) is 3.73. The van der Waals surface area contributed by atoms with Crippen molar-refractivity contribution in [3.05, 3.63) is 90.0 Å². The Morgan fingerprint density at radius 1 is 1.03 bits per heavy atom. The van der Waals surface area contributed by atoms with Crippen LogP contribution in [0.3, 0.4) is 0 Å². The predicted molar refractivity (Wildman–Crippen MR) is 121 cm³/mol. The number of piperazine rings is 1. The largest absolute Gasteiger partial charge is 0.339 e. The van der Waals surface area contributed by atoms with Gasteiger partial charge in [0.05, 0.1) is 6.42 Å². The lowest BCUT2D eigenvalue weighted by Crippen LogP contribution is -2.59. The summed E-state index contributed by atoms with van der Waals surface area (Å²) in [5.74, 6) is -0.706. The first kappa shape index (κ1) is 21.7. The molecule has 32 heavy (non-hydrogen) atoms. The summed E-state index contributed by atoms with van der Waals surface area (Å²) in [5.41, 5.74) is 3.27. The molecule has 0 spiro atoms. The molecule has 0 bridgehead atoms. The highest BCUT2D eigenvalue weighted by Gasteiger charge is 2.37. The van der Waals surface area contributed by atoms with E-state index in [4.69, 9.17) is 0 Å². The van der Waals surface area contributed by atoms with E-state index in [-0.39, 0.29) is 18.2 Å². The minimum absolute atomic E-state index is 0.0627. The minimum atomic E-state index is -0.624.